The minimum Gasteiger partial charge on any atom is -0.494 e. The summed E-state index contributed by atoms with van der Waals surface area (Å²) in [6.07, 6.45) is -0.837. The summed E-state index contributed by atoms with van der Waals surface area (Å²) >= 11 is 16.8. The lowest BCUT2D eigenvalue weighted by atomic mass is 9.96. The first-order chi connectivity index (χ1) is 30.5. The van der Waals surface area contributed by atoms with Gasteiger partial charge in [0.1, 0.15) is 12.6 Å². The minimum absolute atomic E-state index is 0.00513. The summed E-state index contributed by atoms with van der Waals surface area (Å²) in [6, 6.07) is 35.6. The van der Waals surface area contributed by atoms with Crippen LogP contribution in [0.1, 0.15) is 52.7 Å². The predicted octanol–water partition coefficient (Wildman–Crippen LogP) is 11.1. The normalized spacial score (nSPS) is 12.6. The van der Waals surface area contributed by atoms with Crippen LogP contribution in [0.3, 0.4) is 0 Å². The summed E-state index contributed by atoms with van der Waals surface area (Å²) in [7, 11) is 4.47. The zero-order valence-electron chi connectivity index (χ0n) is 34.8. The number of hydrogen-bond donors (Lipinski definition) is 3. The Morgan fingerprint density at radius 3 is 1.95 bits per heavy atom. The van der Waals surface area contributed by atoms with Gasteiger partial charge in [-0.1, -0.05) is 108 Å². The van der Waals surface area contributed by atoms with Crippen molar-refractivity contribution in [3.05, 3.63) is 164 Å². The lowest BCUT2D eigenvalue weighted by Gasteiger charge is -2.26. The Balaban J connectivity index is 1.23. The number of halogens is 3. The van der Waals surface area contributed by atoms with Crippen LogP contribution in [-0.4, -0.2) is 52.5 Å². The van der Waals surface area contributed by atoms with Gasteiger partial charge in [0.15, 0.2) is 17.2 Å². The molecule has 3 amide bonds. The third kappa shape index (κ3) is 10.3. The maximum atomic E-state index is 14.8. The van der Waals surface area contributed by atoms with E-state index in [0.717, 1.165) is 27.8 Å². The van der Waals surface area contributed by atoms with E-state index in [9.17, 15) is 14.4 Å². The van der Waals surface area contributed by atoms with Gasteiger partial charge in [0.2, 0.25) is 11.8 Å². The molecule has 0 aliphatic heterocycles. The van der Waals surface area contributed by atoms with Gasteiger partial charge in [-0.3, -0.25) is 9.59 Å². The number of carbonyl (C=O) groups excluding carboxylic acids is 3. The summed E-state index contributed by atoms with van der Waals surface area (Å²) in [5.41, 5.74) is 7.85. The van der Waals surface area contributed by atoms with E-state index in [1.54, 1.807) is 12.1 Å². The van der Waals surface area contributed by atoms with Crippen molar-refractivity contribution < 1.29 is 38.1 Å². The standard InChI is InChI=1S/C49H44BrCl2N3O8/c1-28(56)53-42-23-30(18-19-39(42)50)37-20-31(24-44(59-2)46(37)60-3)43(27-62-25-29-12-6-5-7-13-29)54-48(57)45(32-21-40(51)47(61-4)41(52)22-32)55-49(58)63-26-38-35-16-10-8-14-33(35)34-15-9-11-17-36(34)38/h5-24,38,43,45H,25-27H2,1-4H3,(H,53,56)(H,54,57)(H,55,58)/t43-,45+/m0/s1. The van der Waals surface area contributed by atoms with Gasteiger partial charge in [-0.25, -0.2) is 4.79 Å². The lowest BCUT2D eigenvalue weighted by Crippen LogP contribution is -2.43. The highest BCUT2D eigenvalue weighted by molar-refractivity contribution is 9.10. The van der Waals surface area contributed by atoms with Gasteiger partial charge in [-0.2, -0.15) is 0 Å². The quantitative estimate of drug-likeness (QED) is 0.0873. The summed E-state index contributed by atoms with van der Waals surface area (Å²) in [4.78, 5) is 40.8. The topological polar surface area (TPSA) is 133 Å². The van der Waals surface area contributed by atoms with Gasteiger partial charge in [-0.15, -0.1) is 0 Å². The molecule has 0 radical (unpaired) electrons. The Morgan fingerprint density at radius 1 is 0.698 bits per heavy atom. The summed E-state index contributed by atoms with van der Waals surface area (Å²) in [5, 5.41) is 9.01. The van der Waals surface area contributed by atoms with E-state index >= 15 is 0 Å². The lowest BCUT2D eigenvalue weighted by molar-refractivity contribution is -0.124. The maximum absolute atomic E-state index is 14.8. The van der Waals surface area contributed by atoms with Crippen LogP contribution in [0.15, 0.2) is 126 Å². The number of anilines is 1. The molecule has 3 N–H and O–H groups in total. The molecule has 324 valence electrons. The van der Waals surface area contributed by atoms with Gasteiger partial charge >= 0.3 is 6.09 Å². The zero-order valence-corrected chi connectivity index (χ0v) is 37.9. The monoisotopic (exact) mass is 951 g/mol. The molecule has 63 heavy (non-hydrogen) atoms. The molecule has 1 aliphatic carbocycles. The third-order valence-electron chi connectivity index (χ3n) is 10.6. The average Bonchev–Trinajstić information content (AvgIpc) is 3.60. The van der Waals surface area contributed by atoms with Crippen LogP contribution >= 0.6 is 39.1 Å². The van der Waals surface area contributed by atoms with E-state index in [2.05, 4.69) is 44.0 Å². The fourth-order valence-electron chi connectivity index (χ4n) is 7.72. The first kappa shape index (κ1) is 45.0. The first-order valence-electron chi connectivity index (χ1n) is 19.9. The molecular weight excluding hydrogens is 909 g/mol. The van der Waals surface area contributed by atoms with Crippen molar-refractivity contribution in [2.45, 2.75) is 31.5 Å². The maximum Gasteiger partial charge on any atom is 0.408 e. The number of amides is 3. The molecule has 0 aromatic heterocycles. The Labute approximate surface area is 384 Å². The third-order valence-corrected chi connectivity index (χ3v) is 11.9. The van der Waals surface area contributed by atoms with Crippen molar-refractivity contribution in [1.82, 2.24) is 10.6 Å². The van der Waals surface area contributed by atoms with Crippen molar-refractivity contribution >= 4 is 62.7 Å². The largest absolute Gasteiger partial charge is 0.494 e. The van der Waals surface area contributed by atoms with Gasteiger partial charge in [0.05, 0.1) is 56.3 Å². The molecule has 2 atom stereocenters. The summed E-state index contributed by atoms with van der Waals surface area (Å²) in [6.45, 7) is 1.68. The highest BCUT2D eigenvalue weighted by atomic mass is 79.9. The highest BCUT2D eigenvalue weighted by Gasteiger charge is 2.32. The Hall–Kier alpha value is -6.05. The van der Waals surface area contributed by atoms with Crippen molar-refractivity contribution in [1.29, 1.82) is 0 Å². The van der Waals surface area contributed by atoms with Crippen LogP contribution in [0.2, 0.25) is 10.0 Å². The second-order valence-corrected chi connectivity index (χ2v) is 16.3. The molecule has 0 spiro atoms. The van der Waals surface area contributed by atoms with E-state index in [-0.39, 0.29) is 53.0 Å². The number of fused-ring (bicyclic) bond motifs is 3. The van der Waals surface area contributed by atoms with E-state index in [0.29, 0.717) is 38.3 Å². The molecule has 6 aromatic rings. The average molecular weight is 954 g/mol. The Kier molecular flexibility index (Phi) is 14.6. The smallest absolute Gasteiger partial charge is 0.408 e. The van der Waals surface area contributed by atoms with E-state index < -0.39 is 24.1 Å². The Bertz CT molecular complexity index is 2580. The van der Waals surface area contributed by atoms with Crippen molar-refractivity contribution in [2.75, 3.05) is 39.9 Å². The minimum atomic E-state index is -1.36. The molecule has 0 heterocycles. The summed E-state index contributed by atoms with van der Waals surface area (Å²) < 4.78 is 30.0. The van der Waals surface area contributed by atoms with E-state index in [1.165, 1.54) is 40.4 Å². The van der Waals surface area contributed by atoms with Crippen LogP contribution in [0.4, 0.5) is 10.5 Å². The molecule has 7 rings (SSSR count). The molecule has 0 saturated heterocycles. The molecule has 14 heteroatoms. The van der Waals surface area contributed by atoms with E-state index in [4.69, 9.17) is 46.9 Å². The van der Waals surface area contributed by atoms with Gasteiger partial charge in [0, 0.05) is 22.9 Å². The van der Waals surface area contributed by atoms with Crippen LogP contribution in [0.5, 0.6) is 17.2 Å². The van der Waals surface area contributed by atoms with Crippen molar-refractivity contribution in [3.63, 3.8) is 0 Å². The number of alkyl carbamates (subject to hydrolysis) is 1. The van der Waals surface area contributed by atoms with Gasteiger partial charge in [0.25, 0.3) is 0 Å². The fraction of sp³-hybridized carbons (Fsp3) is 0.204. The van der Waals surface area contributed by atoms with E-state index in [1.807, 2.05) is 84.9 Å². The van der Waals surface area contributed by atoms with Crippen LogP contribution in [-0.2, 0) is 25.7 Å². The molecule has 11 nitrogen and oxygen atoms in total. The van der Waals surface area contributed by atoms with Gasteiger partial charge in [-0.05, 0) is 96.8 Å². The number of rotatable bonds is 16. The molecule has 0 unspecified atom stereocenters. The van der Waals surface area contributed by atoms with Crippen LogP contribution in [0.25, 0.3) is 22.3 Å². The fourth-order valence-corrected chi connectivity index (χ4v) is 8.73. The van der Waals surface area contributed by atoms with Gasteiger partial charge < -0.3 is 39.6 Å². The highest BCUT2D eigenvalue weighted by Crippen LogP contribution is 2.45. The SMILES string of the molecule is COc1cc([C@H](COCc2ccccc2)NC(=O)[C@H](NC(=O)OCC2c3ccccc3-c3ccccc32)c2cc(Cl)c(OC)c(Cl)c2)cc(-c2ccc(Br)c(NC(C)=O)c2)c1OC. The first-order valence-corrected chi connectivity index (χ1v) is 21.4. The Morgan fingerprint density at radius 2 is 1.33 bits per heavy atom. The zero-order chi connectivity index (χ0) is 44.6. The second kappa shape index (κ2) is 20.4. The number of ether oxygens (including phenoxy) is 5. The molecule has 0 fully saturated rings. The number of nitrogens with one attached hydrogen (secondary N) is 3. The molecule has 0 saturated carbocycles. The molecular formula is C49H44BrCl2N3O8. The molecule has 0 bridgehead atoms. The molecule has 1 aliphatic rings. The number of benzene rings is 6. The number of methoxy groups -OCH3 is 3. The molecule has 6 aromatic carbocycles. The number of hydrogen-bond acceptors (Lipinski definition) is 8. The van der Waals surface area contributed by atoms with Crippen molar-refractivity contribution in [3.8, 4) is 39.5 Å². The van der Waals surface area contributed by atoms with Crippen molar-refractivity contribution in [2.24, 2.45) is 0 Å². The predicted molar refractivity (Wildman–Crippen MR) is 248 cm³/mol. The second-order valence-electron chi connectivity index (χ2n) is 14.7. The number of carbonyl (C=O) groups is 3. The van der Waals surface area contributed by atoms with Crippen LogP contribution in [0, 0.1) is 0 Å². The van der Waals surface area contributed by atoms with Crippen LogP contribution < -0.4 is 30.2 Å². The summed E-state index contributed by atoms with van der Waals surface area (Å²) in [5.74, 6) is -0.0803.